The molecule has 2 aromatic heterocycles. The lowest BCUT2D eigenvalue weighted by Gasteiger charge is -2.26. The number of ether oxygens (including phenoxy) is 1. The summed E-state index contributed by atoms with van der Waals surface area (Å²) in [5.41, 5.74) is 2.69. The fourth-order valence-electron chi connectivity index (χ4n) is 5.87. The molecule has 9 nitrogen and oxygen atoms in total. The molecule has 1 N–H and O–H groups in total. The largest absolute Gasteiger partial charge is 0.451 e. The normalized spacial score (nSPS) is 19.3. The van der Waals surface area contributed by atoms with Gasteiger partial charge in [-0.25, -0.2) is 14.4 Å². The number of amides is 1. The van der Waals surface area contributed by atoms with Crippen LogP contribution in [-0.4, -0.2) is 75.1 Å². The molecule has 1 atom stereocenters. The minimum absolute atomic E-state index is 0.0422. The molecule has 4 aromatic rings. The third-order valence-electron chi connectivity index (χ3n) is 8.31. The topological polar surface area (TPSA) is 90.5 Å². The zero-order chi connectivity index (χ0) is 27.9. The summed E-state index contributed by atoms with van der Waals surface area (Å²) in [5.74, 6) is 0.630. The smallest absolute Gasteiger partial charge is 0.257 e. The first-order valence-electron chi connectivity index (χ1n) is 13.7. The Morgan fingerprint density at radius 1 is 1.12 bits per heavy atom. The minimum Gasteiger partial charge on any atom is -0.451 e. The van der Waals surface area contributed by atoms with E-state index >= 15 is 0 Å². The van der Waals surface area contributed by atoms with E-state index in [2.05, 4.69) is 48.2 Å². The first-order chi connectivity index (χ1) is 19.3. The van der Waals surface area contributed by atoms with Gasteiger partial charge in [0.1, 0.15) is 17.9 Å². The van der Waals surface area contributed by atoms with Crippen molar-refractivity contribution in [1.29, 1.82) is 0 Å². The van der Waals surface area contributed by atoms with Crippen LogP contribution in [0.25, 0.3) is 10.9 Å². The molecule has 2 aliphatic heterocycles. The second kappa shape index (κ2) is 10.5. The van der Waals surface area contributed by atoms with Crippen molar-refractivity contribution in [3.63, 3.8) is 0 Å². The average Bonchev–Trinajstić information content (AvgIpc) is 3.69. The molecule has 40 heavy (non-hydrogen) atoms. The molecule has 10 heteroatoms. The predicted molar refractivity (Wildman–Crippen MR) is 151 cm³/mol. The number of H-pyrrole nitrogens is 1. The molecule has 0 saturated carbocycles. The Bertz CT molecular complexity index is 1540. The van der Waals surface area contributed by atoms with Crippen LogP contribution in [0.2, 0.25) is 0 Å². The van der Waals surface area contributed by atoms with Crippen molar-refractivity contribution >= 4 is 22.6 Å². The van der Waals surface area contributed by atoms with Gasteiger partial charge >= 0.3 is 0 Å². The van der Waals surface area contributed by atoms with Gasteiger partial charge in [0, 0.05) is 50.1 Å². The van der Waals surface area contributed by atoms with Crippen LogP contribution in [0.3, 0.4) is 0 Å². The second-order valence-electron chi connectivity index (χ2n) is 11.4. The summed E-state index contributed by atoms with van der Waals surface area (Å²) in [6, 6.07) is 10.5. The number of nitrogens with zero attached hydrogens (tertiary/aromatic N) is 6. The maximum Gasteiger partial charge on any atom is 0.257 e. The van der Waals surface area contributed by atoms with Crippen molar-refractivity contribution in [1.82, 2.24) is 30.0 Å². The minimum atomic E-state index is -0.492. The summed E-state index contributed by atoms with van der Waals surface area (Å²) in [6.07, 6.45) is 7.16. The lowest BCUT2D eigenvalue weighted by atomic mass is 9.86. The van der Waals surface area contributed by atoms with Crippen molar-refractivity contribution < 1.29 is 13.9 Å². The van der Waals surface area contributed by atoms with Crippen LogP contribution in [0, 0.1) is 11.2 Å². The predicted octanol–water partition coefficient (Wildman–Crippen LogP) is 4.87. The maximum absolute atomic E-state index is 14.2. The quantitative estimate of drug-likeness (QED) is 0.356. The van der Waals surface area contributed by atoms with Crippen molar-refractivity contribution in [2.24, 2.45) is 5.41 Å². The van der Waals surface area contributed by atoms with Gasteiger partial charge in [0.25, 0.3) is 5.91 Å². The van der Waals surface area contributed by atoms with E-state index in [9.17, 15) is 9.18 Å². The van der Waals surface area contributed by atoms with Crippen molar-refractivity contribution in [3.05, 3.63) is 72.1 Å². The van der Waals surface area contributed by atoms with Gasteiger partial charge < -0.3 is 14.5 Å². The Morgan fingerprint density at radius 2 is 1.98 bits per heavy atom. The summed E-state index contributed by atoms with van der Waals surface area (Å²) in [7, 11) is 1.70. The molecule has 2 saturated heterocycles. The van der Waals surface area contributed by atoms with Crippen molar-refractivity contribution in [2.75, 3.05) is 38.1 Å². The highest BCUT2D eigenvalue weighted by atomic mass is 19.1. The van der Waals surface area contributed by atoms with E-state index in [-0.39, 0.29) is 28.7 Å². The highest BCUT2D eigenvalue weighted by molar-refractivity contribution is 5.97. The summed E-state index contributed by atoms with van der Waals surface area (Å²) < 4.78 is 20.4. The summed E-state index contributed by atoms with van der Waals surface area (Å²) >= 11 is 0. The molecule has 2 aromatic carbocycles. The first-order valence-corrected chi connectivity index (χ1v) is 13.7. The number of aromatic nitrogens is 4. The number of rotatable bonds is 7. The fourth-order valence-corrected chi connectivity index (χ4v) is 5.87. The number of halogens is 1. The molecule has 0 radical (unpaired) electrons. The zero-order valence-electron chi connectivity index (χ0n) is 23.1. The molecule has 6 rings (SSSR count). The highest BCUT2D eigenvalue weighted by Crippen LogP contribution is 2.43. The third kappa shape index (κ3) is 5.11. The van der Waals surface area contributed by atoms with Gasteiger partial charge in [-0.1, -0.05) is 12.1 Å². The summed E-state index contributed by atoms with van der Waals surface area (Å²) in [6.45, 7) is 8.51. The molecule has 208 valence electrons. The highest BCUT2D eigenvalue weighted by Gasteiger charge is 2.44. The molecule has 0 aliphatic carbocycles. The molecule has 2 aliphatic rings. The van der Waals surface area contributed by atoms with Crippen LogP contribution < -0.4 is 9.64 Å². The van der Waals surface area contributed by atoms with Gasteiger partial charge in [-0.05, 0) is 63.1 Å². The fraction of sp³-hybridized carbons (Fsp3) is 0.400. The average molecular weight is 544 g/mol. The van der Waals surface area contributed by atoms with Gasteiger partial charge in [-0.2, -0.15) is 5.10 Å². The third-order valence-corrected chi connectivity index (χ3v) is 8.31. The van der Waals surface area contributed by atoms with Crippen LogP contribution in [0.5, 0.6) is 11.5 Å². The summed E-state index contributed by atoms with van der Waals surface area (Å²) in [4.78, 5) is 28.2. The molecule has 4 heterocycles. The number of aromatic amines is 1. The molecule has 1 spiro atoms. The Kier molecular flexibility index (Phi) is 6.87. The van der Waals surface area contributed by atoms with E-state index in [1.54, 1.807) is 18.1 Å². The van der Waals surface area contributed by atoms with Crippen LogP contribution >= 0.6 is 0 Å². The number of likely N-dealkylation sites (tertiary alicyclic amines) is 1. The van der Waals surface area contributed by atoms with Gasteiger partial charge in [-0.3, -0.25) is 14.8 Å². The number of carbonyl (C=O) groups excluding carboxylic acids is 1. The standard InChI is InChI=1S/C30H34FN7O2/c1-20(2)36(3)29(39)24-13-23(31)6-7-26(24)40-27-15-32-19-33-28(27)38-11-9-30(18-38)8-10-37(17-30)16-21-4-5-22-14-34-35-25(22)12-21/h4-7,12-15,19-20H,8-11,16-18H2,1-3H3,(H,34,35). The number of hydrogen-bond acceptors (Lipinski definition) is 7. The van der Waals surface area contributed by atoms with E-state index in [0.29, 0.717) is 11.6 Å². The Labute approximate surface area is 233 Å². The molecular formula is C30H34FN7O2. The Balaban J connectivity index is 1.17. The number of benzene rings is 2. The molecule has 2 fully saturated rings. The van der Waals surface area contributed by atoms with E-state index in [1.165, 1.54) is 30.1 Å². The first kappa shape index (κ1) is 26.2. The lowest BCUT2D eigenvalue weighted by molar-refractivity contribution is 0.0751. The second-order valence-corrected chi connectivity index (χ2v) is 11.4. The van der Waals surface area contributed by atoms with Crippen LogP contribution in [0.1, 0.15) is 42.6 Å². The number of fused-ring (bicyclic) bond motifs is 1. The molecule has 0 bridgehead atoms. The van der Waals surface area contributed by atoms with Crippen LogP contribution in [-0.2, 0) is 6.54 Å². The van der Waals surface area contributed by atoms with Gasteiger partial charge in [0.05, 0.1) is 23.5 Å². The molecule has 1 unspecified atom stereocenters. The number of hydrogen-bond donors (Lipinski definition) is 1. The number of carbonyl (C=O) groups is 1. The monoisotopic (exact) mass is 543 g/mol. The van der Waals surface area contributed by atoms with Crippen molar-refractivity contribution in [3.8, 4) is 11.5 Å². The van der Waals surface area contributed by atoms with Gasteiger partial charge in [0.15, 0.2) is 11.6 Å². The Morgan fingerprint density at radius 3 is 2.83 bits per heavy atom. The Hall–Kier alpha value is -4.05. The van der Waals surface area contributed by atoms with Crippen LogP contribution in [0.15, 0.2) is 55.1 Å². The summed E-state index contributed by atoms with van der Waals surface area (Å²) in [5, 5.41) is 8.32. The van der Waals surface area contributed by atoms with Gasteiger partial charge in [-0.15, -0.1) is 0 Å². The maximum atomic E-state index is 14.2. The lowest BCUT2D eigenvalue weighted by Crippen LogP contribution is -2.33. The number of nitrogens with one attached hydrogen (secondary N) is 1. The van der Waals surface area contributed by atoms with Crippen molar-refractivity contribution in [2.45, 2.75) is 39.3 Å². The van der Waals surface area contributed by atoms with Gasteiger partial charge in [0.2, 0.25) is 0 Å². The van der Waals surface area contributed by atoms with Crippen LogP contribution in [0.4, 0.5) is 10.2 Å². The van der Waals surface area contributed by atoms with E-state index in [0.717, 1.165) is 56.5 Å². The van der Waals surface area contributed by atoms with E-state index in [1.807, 2.05) is 20.0 Å². The number of anilines is 1. The van der Waals surface area contributed by atoms with E-state index in [4.69, 9.17) is 4.74 Å². The van der Waals surface area contributed by atoms with E-state index < -0.39 is 5.82 Å². The molecular weight excluding hydrogens is 509 g/mol. The SMILES string of the molecule is CC(C)N(C)C(=O)c1cc(F)ccc1Oc1cncnc1N1CCC2(CCN(Cc3ccc4cn[nH]c4c3)C2)C1. The molecule has 1 amide bonds. The zero-order valence-corrected chi connectivity index (χ0v) is 23.1.